The molecule has 20 heavy (non-hydrogen) atoms. The Hall–Kier alpha value is -1.12. The molecule has 0 atom stereocenters. The largest absolute Gasteiger partial charge is 0.496 e. The summed E-state index contributed by atoms with van der Waals surface area (Å²) in [6.45, 7) is 0.674. The molecule has 0 unspecified atom stereocenters. The SMILES string of the molecule is COc1ccc(S(=O)(=O)N2CCCNC(=O)C2)cc1Br. The summed E-state index contributed by atoms with van der Waals surface area (Å²) < 4.78 is 31.9. The molecule has 1 fully saturated rings. The van der Waals surface area contributed by atoms with Gasteiger partial charge in [-0.2, -0.15) is 4.31 Å². The van der Waals surface area contributed by atoms with Gasteiger partial charge in [0.2, 0.25) is 15.9 Å². The third-order valence-electron chi connectivity index (χ3n) is 2.99. The zero-order valence-corrected chi connectivity index (χ0v) is 13.3. The van der Waals surface area contributed by atoms with Crippen LogP contribution in [0.2, 0.25) is 0 Å². The van der Waals surface area contributed by atoms with Crippen molar-refractivity contribution in [3.05, 3.63) is 22.7 Å². The van der Waals surface area contributed by atoms with Crippen LogP contribution >= 0.6 is 15.9 Å². The van der Waals surface area contributed by atoms with E-state index in [-0.39, 0.29) is 17.3 Å². The molecule has 0 saturated carbocycles. The summed E-state index contributed by atoms with van der Waals surface area (Å²) in [5.74, 6) is 0.274. The predicted molar refractivity (Wildman–Crippen MR) is 77.1 cm³/mol. The van der Waals surface area contributed by atoms with Crippen molar-refractivity contribution in [3.8, 4) is 5.75 Å². The Morgan fingerprint density at radius 3 is 2.80 bits per heavy atom. The van der Waals surface area contributed by atoms with Gasteiger partial charge in [0.1, 0.15) is 5.75 Å². The van der Waals surface area contributed by atoms with E-state index >= 15 is 0 Å². The van der Waals surface area contributed by atoms with Crippen LogP contribution in [0, 0.1) is 0 Å². The molecule has 1 amide bonds. The summed E-state index contributed by atoms with van der Waals surface area (Å²) in [5.41, 5.74) is 0. The first-order valence-corrected chi connectivity index (χ1v) is 8.29. The van der Waals surface area contributed by atoms with Crippen LogP contribution in [0.4, 0.5) is 0 Å². The van der Waals surface area contributed by atoms with E-state index < -0.39 is 10.0 Å². The molecular weight excluding hydrogens is 348 g/mol. The van der Waals surface area contributed by atoms with Crippen LogP contribution in [0.3, 0.4) is 0 Å². The molecule has 0 bridgehead atoms. The molecule has 1 aromatic carbocycles. The molecule has 2 rings (SSSR count). The molecule has 6 nitrogen and oxygen atoms in total. The average Bonchev–Trinajstić information content (AvgIpc) is 2.63. The summed E-state index contributed by atoms with van der Waals surface area (Å²) >= 11 is 3.26. The number of nitrogens with zero attached hydrogens (tertiary/aromatic N) is 1. The maximum absolute atomic E-state index is 12.5. The van der Waals surface area contributed by atoms with Crippen LogP contribution in [-0.2, 0) is 14.8 Å². The van der Waals surface area contributed by atoms with E-state index in [1.807, 2.05) is 0 Å². The summed E-state index contributed by atoms with van der Waals surface area (Å²) in [7, 11) is -2.17. The van der Waals surface area contributed by atoms with Crippen molar-refractivity contribution in [1.29, 1.82) is 0 Å². The molecule has 0 aromatic heterocycles. The van der Waals surface area contributed by atoms with E-state index in [4.69, 9.17) is 4.74 Å². The fourth-order valence-electron chi connectivity index (χ4n) is 1.94. The molecule has 0 radical (unpaired) electrons. The van der Waals surface area contributed by atoms with Crippen LogP contribution in [-0.4, -0.2) is 45.4 Å². The molecule has 1 aromatic rings. The number of carbonyl (C=O) groups excluding carboxylic acids is 1. The van der Waals surface area contributed by atoms with Gasteiger partial charge in [-0.3, -0.25) is 4.79 Å². The highest BCUT2D eigenvalue weighted by Gasteiger charge is 2.28. The van der Waals surface area contributed by atoms with Gasteiger partial charge in [-0.1, -0.05) is 0 Å². The van der Waals surface area contributed by atoms with Gasteiger partial charge in [0.05, 0.1) is 23.0 Å². The van der Waals surface area contributed by atoms with Crippen LogP contribution < -0.4 is 10.1 Å². The number of sulfonamides is 1. The highest BCUT2D eigenvalue weighted by Crippen LogP contribution is 2.28. The third-order valence-corrected chi connectivity index (χ3v) is 5.45. The number of hydrogen-bond donors (Lipinski definition) is 1. The smallest absolute Gasteiger partial charge is 0.243 e. The number of ether oxygens (including phenoxy) is 1. The third kappa shape index (κ3) is 3.13. The van der Waals surface area contributed by atoms with Crippen molar-refractivity contribution < 1.29 is 17.9 Å². The molecule has 1 saturated heterocycles. The van der Waals surface area contributed by atoms with E-state index in [2.05, 4.69) is 21.2 Å². The van der Waals surface area contributed by atoms with Gasteiger partial charge in [0, 0.05) is 13.1 Å². The standard InChI is InChI=1S/C12H15BrN2O4S/c1-19-11-4-3-9(7-10(11)13)20(17,18)15-6-2-5-14-12(16)8-15/h3-4,7H,2,5-6,8H2,1H3,(H,14,16). The fourth-order valence-corrected chi connectivity index (χ4v) is 4.09. The van der Waals surface area contributed by atoms with Gasteiger partial charge >= 0.3 is 0 Å². The van der Waals surface area contributed by atoms with E-state index in [1.165, 1.54) is 23.5 Å². The lowest BCUT2D eigenvalue weighted by atomic mass is 10.3. The minimum atomic E-state index is -3.68. The molecule has 1 heterocycles. The van der Waals surface area contributed by atoms with Crippen molar-refractivity contribution in [2.45, 2.75) is 11.3 Å². The molecule has 0 spiro atoms. The fraction of sp³-hybridized carbons (Fsp3) is 0.417. The van der Waals surface area contributed by atoms with Crippen molar-refractivity contribution >= 4 is 31.9 Å². The lowest BCUT2D eigenvalue weighted by Crippen LogP contribution is -2.37. The van der Waals surface area contributed by atoms with Crippen LogP contribution in [0.1, 0.15) is 6.42 Å². The Kier molecular flexibility index (Phi) is 4.66. The number of methoxy groups -OCH3 is 1. The van der Waals surface area contributed by atoms with Crippen LogP contribution in [0.25, 0.3) is 0 Å². The molecule has 1 N–H and O–H groups in total. The van der Waals surface area contributed by atoms with Crippen molar-refractivity contribution in [2.75, 3.05) is 26.7 Å². The number of hydrogen-bond acceptors (Lipinski definition) is 4. The topological polar surface area (TPSA) is 75.7 Å². The van der Waals surface area contributed by atoms with Crippen molar-refractivity contribution in [3.63, 3.8) is 0 Å². The highest BCUT2D eigenvalue weighted by atomic mass is 79.9. The number of nitrogens with one attached hydrogen (secondary N) is 1. The highest BCUT2D eigenvalue weighted by molar-refractivity contribution is 9.10. The Morgan fingerprint density at radius 1 is 1.40 bits per heavy atom. The van der Waals surface area contributed by atoms with Crippen molar-refractivity contribution in [1.82, 2.24) is 9.62 Å². The first-order valence-electron chi connectivity index (χ1n) is 6.05. The van der Waals surface area contributed by atoms with E-state index in [9.17, 15) is 13.2 Å². The number of rotatable bonds is 3. The molecule has 8 heteroatoms. The Morgan fingerprint density at radius 2 is 2.15 bits per heavy atom. The van der Waals surface area contributed by atoms with E-state index in [0.29, 0.717) is 29.7 Å². The van der Waals surface area contributed by atoms with E-state index in [0.717, 1.165) is 0 Å². The van der Waals surface area contributed by atoms with Gasteiger partial charge < -0.3 is 10.1 Å². The van der Waals surface area contributed by atoms with Gasteiger partial charge in [-0.15, -0.1) is 0 Å². The van der Waals surface area contributed by atoms with Gasteiger partial charge in [0.25, 0.3) is 0 Å². The zero-order valence-electron chi connectivity index (χ0n) is 10.9. The average molecular weight is 363 g/mol. The number of amides is 1. The normalized spacial score (nSPS) is 17.4. The van der Waals surface area contributed by atoms with Gasteiger partial charge in [-0.25, -0.2) is 8.42 Å². The first kappa shape index (κ1) is 15.3. The molecule has 1 aliphatic rings. The second-order valence-electron chi connectivity index (χ2n) is 4.34. The second-order valence-corrected chi connectivity index (χ2v) is 7.13. The van der Waals surface area contributed by atoms with Gasteiger partial charge in [-0.05, 0) is 40.5 Å². The predicted octanol–water partition coefficient (Wildman–Crippen LogP) is 0.968. The molecule has 0 aliphatic carbocycles. The van der Waals surface area contributed by atoms with Crippen molar-refractivity contribution in [2.24, 2.45) is 0 Å². The summed E-state index contributed by atoms with van der Waals surface area (Å²) in [4.78, 5) is 11.6. The molecular formula is C12H15BrN2O4S. The monoisotopic (exact) mass is 362 g/mol. The lowest BCUT2D eigenvalue weighted by molar-refractivity contribution is -0.120. The van der Waals surface area contributed by atoms with Crippen LogP contribution in [0.5, 0.6) is 5.75 Å². The quantitative estimate of drug-likeness (QED) is 0.868. The first-order chi connectivity index (χ1) is 9.45. The number of benzene rings is 1. The summed E-state index contributed by atoms with van der Waals surface area (Å²) in [5, 5.41) is 2.65. The minimum absolute atomic E-state index is 0.139. The maximum Gasteiger partial charge on any atom is 0.243 e. The molecule has 1 aliphatic heterocycles. The number of carbonyl (C=O) groups is 1. The lowest BCUT2D eigenvalue weighted by Gasteiger charge is -2.19. The van der Waals surface area contributed by atoms with E-state index in [1.54, 1.807) is 6.07 Å². The van der Waals surface area contributed by atoms with Crippen LogP contribution in [0.15, 0.2) is 27.6 Å². The Labute approximate surface area is 126 Å². The molecule has 110 valence electrons. The zero-order chi connectivity index (χ0) is 14.8. The maximum atomic E-state index is 12.5. The Bertz CT molecular complexity index is 618. The number of halogens is 1. The Balaban J connectivity index is 2.34. The minimum Gasteiger partial charge on any atom is -0.496 e. The second kappa shape index (κ2) is 6.11. The summed E-state index contributed by atoms with van der Waals surface area (Å²) in [6, 6.07) is 4.54. The summed E-state index contributed by atoms with van der Waals surface area (Å²) in [6.07, 6.45) is 0.599. The van der Waals surface area contributed by atoms with Gasteiger partial charge in [0.15, 0.2) is 0 Å².